The Labute approximate surface area is 160 Å². The van der Waals surface area contributed by atoms with Crippen molar-refractivity contribution in [2.75, 3.05) is 0 Å². The summed E-state index contributed by atoms with van der Waals surface area (Å²) < 4.78 is 41.9. The molecule has 146 valence electrons. The van der Waals surface area contributed by atoms with Gasteiger partial charge in [0.05, 0.1) is 0 Å². The summed E-state index contributed by atoms with van der Waals surface area (Å²) in [6.45, 7) is 3.73. The van der Waals surface area contributed by atoms with Gasteiger partial charge < -0.3 is 0 Å². The summed E-state index contributed by atoms with van der Waals surface area (Å²) in [4.78, 5) is 0. The SMILES string of the molecule is CCCCCC1CCC(c2ccc(-c3cc(C)c(F)c(F)c3)c(F)c2)CC1. The van der Waals surface area contributed by atoms with E-state index in [1.165, 1.54) is 51.5 Å². The lowest BCUT2D eigenvalue weighted by molar-refractivity contribution is 0.302. The van der Waals surface area contributed by atoms with Crippen molar-refractivity contribution in [3.8, 4) is 11.1 Å². The lowest BCUT2D eigenvalue weighted by Gasteiger charge is -2.29. The van der Waals surface area contributed by atoms with E-state index in [1.54, 1.807) is 12.1 Å². The van der Waals surface area contributed by atoms with Gasteiger partial charge in [0.1, 0.15) is 5.82 Å². The lowest BCUT2D eigenvalue weighted by Crippen LogP contribution is -2.13. The molecule has 3 heteroatoms. The second-order valence-corrected chi connectivity index (χ2v) is 8.04. The van der Waals surface area contributed by atoms with Crippen LogP contribution in [-0.4, -0.2) is 0 Å². The normalized spacial score (nSPS) is 20.0. The van der Waals surface area contributed by atoms with Gasteiger partial charge in [0, 0.05) is 5.56 Å². The Morgan fingerprint density at radius 1 is 0.889 bits per heavy atom. The van der Waals surface area contributed by atoms with Gasteiger partial charge in [0.15, 0.2) is 11.6 Å². The maximum Gasteiger partial charge on any atom is 0.161 e. The Hall–Kier alpha value is -1.77. The van der Waals surface area contributed by atoms with E-state index in [2.05, 4.69) is 6.92 Å². The van der Waals surface area contributed by atoms with Crippen LogP contribution >= 0.6 is 0 Å². The summed E-state index contributed by atoms with van der Waals surface area (Å²) in [5.74, 6) is -0.936. The number of aryl methyl sites for hydroxylation is 1. The molecule has 0 heterocycles. The first-order valence-corrected chi connectivity index (χ1v) is 10.2. The molecule has 27 heavy (non-hydrogen) atoms. The van der Waals surface area contributed by atoms with Crippen molar-refractivity contribution in [3.05, 3.63) is 58.9 Å². The molecule has 0 saturated heterocycles. The number of halogens is 3. The maximum absolute atomic E-state index is 14.7. The fourth-order valence-electron chi connectivity index (χ4n) is 4.37. The van der Waals surface area contributed by atoms with Gasteiger partial charge in [-0.1, -0.05) is 44.7 Å². The van der Waals surface area contributed by atoms with Crippen LogP contribution in [0.2, 0.25) is 0 Å². The molecule has 1 fully saturated rings. The van der Waals surface area contributed by atoms with Crippen LogP contribution in [0, 0.1) is 30.3 Å². The first-order chi connectivity index (χ1) is 13.0. The molecule has 0 unspecified atom stereocenters. The zero-order valence-corrected chi connectivity index (χ0v) is 16.3. The molecule has 0 radical (unpaired) electrons. The molecule has 0 nitrogen and oxygen atoms in total. The molecule has 0 bridgehead atoms. The van der Waals surface area contributed by atoms with E-state index in [9.17, 15) is 13.2 Å². The highest BCUT2D eigenvalue weighted by Gasteiger charge is 2.23. The van der Waals surface area contributed by atoms with Crippen LogP contribution in [0.4, 0.5) is 13.2 Å². The lowest BCUT2D eigenvalue weighted by atomic mass is 9.77. The fraction of sp³-hybridized carbons (Fsp3) is 0.500. The fourth-order valence-corrected chi connectivity index (χ4v) is 4.37. The number of rotatable bonds is 6. The highest BCUT2D eigenvalue weighted by molar-refractivity contribution is 5.65. The zero-order chi connectivity index (χ0) is 19.4. The van der Waals surface area contributed by atoms with Crippen molar-refractivity contribution in [2.24, 2.45) is 5.92 Å². The van der Waals surface area contributed by atoms with Crippen molar-refractivity contribution in [3.63, 3.8) is 0 Å². The van der Waals surface area contributed by atoms with Gasteiger partial charge in [-0.05, 0) is 79.3 Å². The number of unbranched alkanes of at least 4 members (excludes halogenated alkanes) is 2. The Morgan fingerprint density at radius 3 is 2.26 bits per heavy atom. The van der Waals surface area contributed by atoms with Crippen molar-refractivity contribution in [1.82, 2.24) is 0 Å². The first-order valence-electron chi connectivity index (χ1n) is 10.2. The molecule has 2 aromatic rings. The Balaban J connectivity index is 1.69. The van der Waals surface area contributed by atoms with Crippen molar-refractivity contribution in [2.45, 2.75) is 71.1 Å². The van der Waals surface area contributed by atoms with Gasteiger partial charge in [-0.2, -0.15) is 0 Å². The van der Waals surface area contributed by atoms with Gasteiger partial charge in [-0.25, -0.2) is 13.2 Å². The van der Waals surface area contributed by atoms with E-state index in [1.807, 2.05) is 6.07 Å². The van der Waals surface area contributed by atoms with Crippen LogP contribution in [0.3, 0.4) is 0 Å². The molecule has 0 atom stereocenters. The van der Waals surface area contributed by atoms with Gasteiger partial charge in [-0.3, -0.25) is 0 Å². The van der Waals surface area contributed by atoms with Gasteiger partial charge >= 0.3 is 0 Å². The largest absolute Gasteiger partial charge is 0.206 e. The third-order valence-corrected chi connectivity index (χ3v) is 6.05. The molecule has 1 saturated carbocycles. The molecular formula is C24H29F3. The van der Waals surface area contributed by atoms with Crippen molar-refractivity contribution < 1.29 is 13.2 Å². The average molecular weight is 374 g/mol. The second kappa shape index (κ2) is 8.95. The minimum absolute atomic E-state index is 0.190. The van der Waals surface area contributed by atoms with E-state index >= 15 is 0 Å². The van der Waals surface area contributed by atoms with Crippen LogP contribution in [0.5, 0.6) is 0 Å². The van der Waals surface area contributed by atoms with Crippen LogP contribution in [-0.2, 0) is 0 Å². The molecule has 1 aliphatic rings. The Kier molecular flexibility index (Phi) is 6.62. The van der Waals surface area contributed by atoms with Crippen LogP contribution in [0.25, 0.3) is 11.1 Å². The Bertz CT molecular complexity index is 750. The van der Waals surface area contributed by atoms with Crippen molar-refractivity contribution >= 4 is 0 Å². The predicted octanol–water partition coefficient (Wildman–Crippen LogP) is 7.93. The molecule has 0 N–H and O–H groups in total. The third-order valence-electron chi connectivity index (χ3n) is 6.05. The van der Waals surface area contributed by atoms with E-state index in [0.717, 1.165) is 30.4 Å². The van der Waals surface area contributed by atoms with Crippen LogP contribution < -0.4 is 0 Å². The Morgan fingerprint density at radius 2 is 1.63 bits per heavy atom. The standard InChI is InChI=1S/C24H29F3/c1-3-4-5-6-17-7-9-18(10-8-17)19-11-12-21(22(25)14-19)20-13-16(2)24(27)23(26)15-20/h11-15,17-18H,3-10H2,1-2H3. The molecular weight excluding hydrogens is 345 g/mol. The summed E-state index contributed by atoms with van der Waals surface area (Å²) in [7, 11) is 0. The zero-order valence-electron chi connectivity index (χ0n) is 16.3. The molecule has 0 spiro atoms. The molecule has 0 aromatic heterocycles. The molecule has 2 aromatic carbocycles. The van der Waals surface area contributed by atoms with E-state index < -0.39 is 11.6 Å². The maximum atomic E-state index is 14.7. The van der Waals surface area contributed by atoms with E-state index in [-0.39, 0.29) is 11.4 Å². The van der Waals surface area contributed by atoms with Crippen LogP contribution in [0.1, 0.15) is 75.3 Å². The highest BCUT2D eigenvalue weighted by atomic mass is 19.2. The average Bonchev–Trinajstić information content (AvgIpc) is 2.66. The quantitative estimate of drug-likeness (QED) is 0.450. The van der Waals surface area contributed by atoms with Crippen LogP contribution in [0.15, 0.2) is 30.3 Å². The number of hydrogen-bond donors (Lipinski definition) is 0. The summed E-state index contributed by atoms with van der Waals surface area (Å²) in [5, 5.41) is 0. The second-order valence-electron chi connectivity index (χ2n) is 8.04. The van der Waals surface area contributed by atoms with E-state index in [0.29, 0.717) is 17.0 Å². The third kappa shape index (κ3) is 4.75. The topological polar surface area (TPSA) is 0 Å². The minimum Gasteiger partial charge on any atom is -0.206 e. The smallest absolute Gasteiger partial charge is 0.161 e. The highest BCUT2D eigenvalue weighted by Crippen LogP contribution is 2.39. The summed E-state index contributed by atoms with van der Waals surface area (Å²) >= 11 is 0. The molecule has 1 aliphatic carbocycles. The monoisotopic (exact) mass is 374 g/mol. The number of hydrogen-bond acceptors (Lipinski definition) is 0. The summed E-state index contributed by atoms with van der Waals surface area (Å²) in [5.41, 5.74) is 1.93. The van der Waals surface area contributed by atoms with Gasteiger partial charge in [-0.15, -0.1) is 0 Å². The van der Waals surface area contributed by atoms with Gasteiger partial charge in [0.25, 0.3) is 0 Å². The molecule has 0 amide bonds. The summed E-state index contributed by atoms with van der Waals surface area (Å²) in [6.07, 6.45) is 9.89. The summed E-state index contributed by atoms with van der Waals surface area (Å²) in [6, 6.07) is 7.83. The first kappa shape index (κ1) is 20.0. The van der Waals surface area contributed by atoms with E-state index in [4.69, 9.17) is 0 Å². The van der Waals surface area contributed by atoms with Gasteiger partial charge in [0.2, 0.25) is 0 Å². The van der Waals surface area contributed by atoms with Crippen molar-refractivity contribution in [1.29, 1.82) is 0 Å². The number of benzene rings is 2. The predicted molar refractivity (Wildman–Crippen MR) is 105 cm³/mol. The molecule has 0 aliphatic heterocycles. The molecule has 3 rings (SSSR count). The minimum atomic E-state index is -0.935.